The third kappa shape index (κ3) is 7.93. The summed E-state index contributed by atoms with van der Waals surface area (Å²) in [6, 6.07) is 4.93. The third-order valence-electron chi connectivity index (χ3n) is 3.54. The standard InChI is InChI=1S/C16H27FN4.HI/c1-5-21(4)11-10-20-16(18-3)19-9-8-14-6-7-15(17)12-13(14)2;/h6-7,12H,5,8-11H2,1-4H3,(H2,18,19,20);1H. The Balaban J connectivity index is 0.00000441. The van der Waals surface area contributed by atoms with Crippen molar-refractivity contribution in [1.29, 1.82) is 0 Å². The Kier molecular flexibility index (Phi) is 11.2. The largest absolute Gasteiger partial charge is 0.356 e. The summed E-state index contributed by atoms with van der Waals surface area (Å²) in [5, 5.41) is 6.56. The van der Waals surface area contributed by atoms with Crippen molar-refractivity contribution in [3.05, 3.63) is 35.1 Å². The minimum absolute atomic E-state index is 0. The van der Waals surface area contributed by atoms with E-state index in [0.717, 1.165) is 49.7 Å². The van der Waals surface area contributed by atoms with Crippen LogP contribution in [0.4, 0.5) is 4.39 Å². The van der Waals surface area contributed by atoms with Crippen molar-refractivity contribution in [2.75, 3.05) is 40.3 Å². The fraction of sp³-hybridized carbons (Fsp3) is 0.562. The van der Waals surface area contributed by atoms with Crippen molar-refractivity contribution < 1.29 is 4.39 Å². The second-order valence-corrected chi connectivity index (χ2v) is 5.14. The predicted molar refractivity (Wildman–Crippen MR) is 103 cm³/mol. The highest BCUT2D eigenvalue weighted by atomic mass is 127. The van der Waals surface area contributed by atoms with E-state index in [1.807, 2.05) is 13.0 Å². The normalized spacial score (nSPS) is 11.3. The maximum atomic E-state index is 13.0. The van der Waals surface area contributed by atoms with E-state index >= 15 is 0 Å². The van der Waals surface area contributed by atoms with Crippen LogP contribution < -0.4 is 10.6 Å². The van der Waals surface area contributed by atoms with Crippen LogP contribution in [0.3, 0.4) is 0 Å². The maximum absolute atomic E-state index is 13.0. The van der Waals surface area contributed by atoms with E-state index in [9.17, 15) is 4.39 Å². The van der Waals surface area contributed by atoms with Crippen LogP contribution in [0.15, 0.2) is 23.2 Å². The van der Waals surface area contributed by atoms with Gasteiger partial charge in [-0.3, -0.25) is 4.99 Å². The zero-order chi connectivity index (χ0) is 15.7. The molecule has 1 aromatic rings. The molecule has 0 saturated heterocycles. The summed E-state index contributed by atoms with van der Waals surface area (Å²) in [7, 11) is 3.86. The summed E-state index contributed by atoms with van der Waals surface area (Å²) < 4.78 is 13.0. The molecule has 0 amide bonds. The minimum atomic E-state index is -0.179. The predicted octanol–water partition coefficient (Wildman–Crippen LogP) is 2.41. The lowest BCUT2D eigenvalue weighted by molar-refractivity contribution is 0.357. The molecule has 0 radical (unpaired) electrons. The average molecular weight is 422 g/mol. The number of hydrogen-bond donors (Lipinski definition) is 2. The molecule has 0 spiro atoms. The molecule has 0 saturated carbocycles. The molecule has 1 rings (SSSR count). The molecular weight excluding hydrogens is 394 g/mol. The van der Waals surface area contributed by atoms with E-state index in [4.69, 9.17) is 0 Å². The van der Waals surface area contributed by atoms with E-state index in [1.54, 1.807) is 13.1 Å². The van der Waals surface area contributed by atoms with Crippen LogP contribution >= 0.6 is 24.0 Å². The fourth-order valence-corrected chi connectivity index (χ4v) is 2.00. The van der Waals surface area contributed by atoms with E-state index in [1.165, 1.54) is 6.07 Å². The van der Waals surface area contributed by atoms with Crippen LogP contribution in [0.25, 0.3) is 0 Å². The smallest absolute Gasteiger partial charge is 0.191 e. The molecule has 1 aromatic carbocycles. The van der Waals surface area contributed by atoms with Gasteiger partial charge in [-0.25, -0.2) is 4.39 Å². The Morgan fingerprint density at radius 2 is 1.95 bits per heavy atom. The fourth-order valence-electron chi connectivity index (χ4n) is 2.00. The molecule has 2 N–H and O–H groups in total. The number of halogens is 2. The van der Waals surface area contributed by atoms with Crippen LogP contribution in [0.1, 0.15) is 18.1 Å². The lowest BCUT2D eigenvalue weighted by atomic mass is 10.1. The number of benzene rings is 1. The van der Waals surface area contributed by atoms with Crippen molar-refractivity contribution in [2.24, 2.45) is 4.99 Å². The van der Waals surface area contributed by atoms with Crippen molar-refractivity contribution in [3.63, 3.8) is 0 Å². The zero-order valence-corrected chi connectivity index (χ0v) is 16.3. The molecule has 0 aromatic heterocycles. The molecular formula is C16H28FIN4. The molecule has 4 nitrogen and oxygen atoms in total. The molecule has 6 heteroatoms. The summed E-state index contributed by atoms with van der Waals surface area (Å²) in [4.78, 5) is 6.43. The SMILES string of the molecule is CCN(C)CCNC(=NC)NCCc1ccc(F)cc1C.I. The molecule has 0 unspecified atom stereocenters. The number of nitrogens with one attached hydrogen (secondary N) is 2. The van der Waals surface area contributed by atoms with Gasteiger partial charge in [-0.15, -0.1) is 24.0 Å². The number of hydrogen-bond acceptors (Lipinski definition) is 2. The number of aryl methyl sites for hydroxylation is 1. The van der Waals surface area contributed by atoms with Gasteiger partial charge in [-0.2, -0.15) is 0 Å². The lowest BCUT2D eigenvalue weighted by Crippen LogP contribution is -2.41. The second-order valence-electron chi connectivity index (χ2n) is 5.14. The van der Waals surface area contributed by atoms with Crippen molar-refractivity contribution in [3.8, 4) is 0 Å². The Bertz CT molecular complexity index is 465. The van der Waals surface area contributed by atoms with E-state index in [-0.39, 0.29) is 29.8 Å². The number of aliphatic imine (C=N–C) groups is 1. The highest BCUT2D eigenvalue weighted by Crippen LogP contribution is 2.10. The van der Waals surface area contributed by atoms with Crippen LogP contribution in [0, 0.1) is 12.7 Å². The van der Waals surface area contributed by atoms with Gasteiger partial charge in [0, 0.05) is 26.7 Å². The van der Waals surface area contributed by atoms with Gasteiger partial charge in [0.05, 0.1) is 0 Å². The summed E-state index contributed by atoms with van der Waals surface area (Å²) in [6.45, 7) is 7.73. The molecule has 0 heterocycles. The molecule has 0 atom stereocenters. The van der Waals surface area contributed by atoms with Gasteiger partial charge < -0.3 is 15.5 Å². The monoisotopic (exact) mass is 422 g/mol. The molecule has 0 aliphatic heterocycles. The molecule has 126 valence electrons. The van der Waals surface area contributed by atoms with E-state index in [0.29, 0.717) is 0 Å². The maximum Gasteiger partial charge on any atom is 0.191 e. The molecule has 0 aliphatic carbocycles. The first-order valence-electron chi connectivity index (χ1n) is 7.45. The molecule has 22 heavy (non-hydrogen) atoms. The summed E-state index contributed by atoms with van der Waals surface area (Å²) in [5.41, 5.74) is 2.15. The third-order valence-corrected chi connectivity index (χ3v) is 3.54. The van der Waals surface area contributed by atoms with Crippen LogP contribution in [-0.2, 0) is 6.42 Å². The first-order valence-corrected chi connectivity index (χ1v) is 7.45. The molecule has 0 bridgehead atoms. The number of nitrogens with zero attached hydrogens (tertiary/aromatic N) is 2. The summed E-state index contributed by atoms with van der Waals surface area (Å²) >= 11 is 0. The summed E-state index contributed by atoms with van der Waals surface area (Å²) in [6.07, 6.45) is 0.849. The Hall–Kier alpha value is -0.890. The highest BCUT2D eigenvalue weighted by Gasteiger charge is 2.02. The Morgan fingerprint density at radius 1 is 1.27 bits per heavy atom. The Labute approximate surface area is 150 Å². The van der Waals surface area contributed by atoms with Gasteiger partial charge >= 0.3 is 0 Å². The van der Waals surface area contributed by atoms with Gasteiger partial charge in [-0.1, -0.05) is 13.0 Å². The van der Waals surface area contributed by atoms with Gasteiger partial charge in [0.15, 0.2) is 5.96 Å². The number of guanidine groups is 1. The molecule has 0 fully saturated rings. The lowest BCUT2D eigenvalue weighted by Gasteiger charge is -2.16. The van der Waals surface area contributed by atoms with Gasteiger partial charge in [-0.05, 0) is 50.2 Å². The first-order chi connectivity index (χ1) is 10.1. The molecule has 0 aliphatic rings. The second kappa shape index (κ2) is 11.6. The van der Waals surface area contributed by atoms with Crippen LogP contribution in [0.2, 0.25) is 0 Å². The number of likely N-dealkylation sites (N-methyl/N-ethyl adjacent to an activating group) is 1. The zero-order valence-electron chi connectivity index (χ0n) is 13.9. The van der Waals surface area contributed by atoms with Crippen LogP contribution in [-0.4, -0.2) is 51.1 Å². The van der Waals surface area contributed by atoms with E-state index in [2.05, 4.69) is 34.5 Å². The highest BCUT2D eigenvalue weighted by molar-refractivity contribution is 14.0. The minimum Gasteiger partial charge on any atom is -0.356 e. The Morgan fingerprint density at radius 3 is 2.55 bits per heavy atom. The first kappa shape index (κ1) is 21.1. The van der Waals surface area contributed by atoms with E-state index < -0.39 is 0 Å². The van der Waals surface area contributed by atoms with Crippen molar-refractivity contribution >= 4 is 29.9 Å². The van der Waals surface area contributed by atoms with Crippen molar-refractivity contribution in [1.82, 2.24) is 15.5 Å². The topological polar surface area (TPSA) is 39.7 Å². The average Bonchev–Trinajstić information content (AvgIpc) is 2.47. The van der Waals surface area contributed by atoms with Gasteiger partial charge in [0.25, 0.3) is 0 Å². The number of rotatable bonds is 7. The summed E-state index contributed by atoms with van der Waals surface area (Å²) in [5.74, 6) is 0.626. The van der Waals surface area contributed by atoms with Gasteiger partial charge in [0.1, 0.15) is 5.82 Å². The quantitative estimate of drug-likeness (QED) is 0.403. The van der Waals surface area contributed by atoms with Crippen LogP contribution in [0.5, 0.6) is 0 Å². The van der Waals surface area contributed by atoms with Crippen molar-refractivity contribution in [2.45, 2.75) is 20.3 Å². The van der Waals surface area contributed by atoms with Gasteiger partial charge in [0.2, 0.25) is 0 Å².